The van der Waals surface area contributed by atoms with E-state index in [0.29, 0.717) is 18.4 Å². The van der Waals surface area contributed by atoms with Gasteiger partial charge in [-0.1, -0.05) is 37.5 Å². The summed E-state index contributed by atoms with van der Waals surface area (Å²) in [5, 5.41) is 11.7. The molecule has 0 spiro atoms. The van der Waals surface area contributed by atoms with Crippen LogP contribution in [0.15, 0.2) is 30.3 Å². The first-order valence-electron chi connectivity index (χ1n) is 7.84. The third-order valence-corrected chi connectivity index (χ3v) is 4.30. The average molecular weight is 318 g/mol. The van der Waals surface area contributed by atoms with Crippen LogP contribution in [-0.2, 0) is 9.59 Å². The lowest BCUT2D eigenvalue weighted by Gasteiger charge is -2.38. The first-order valence-corrected chi connectivity index (χ1v) is 7.84. The van der Waals surface area contributed by atoms with E-state index in [-0.39, 0.29) is 11.7 Å². The molecule has 1 aromatic rings. The second-order valence-electron chi connectivity index (χ2n) is 6.03. The molecule has 1 aromatic carbocycles. The number of carbonyl (C=O) groups excluding carboxylic acids is 2. The number of nitrogens with one attached hydrogen (secondary N) is 1. The molecule has 0 heterocycles. The molecule has 1 fully saturated rings. The second kappa shape index (κ2) is 7.37. The van der Waals surface area contributed by atoms with Gasteiger partial charge in [-0.3, -0.25) is 14.4 Å². The zero-order chi connectivity index (χ0) is 16.9. The predicted octanol–water partition coefficient (Wildman–Crippen LogP) is 1.49. The number of aliphatic carboxylic acids is 1. The highest BCUT2D eigenvalue weighted by atomic mass is 16.4. The van der Waals surface area contributed by atoms with Crippen molar-refractivity contribution in [1.82, 2.24) is 5.32 Å². The van der Waals surface area contributed by atoms with Crippen LogP contribution in [0.25, 0.3) is 0 Å². The van der Waals surface area contributed by atoms with Gasteiger partial charge in [-0.05, 0) is 25.0 Å². The minimum absolute atomic E-state index is 0.330. The number of nitrogens with two attached hydrogens (primary N) is 1. The maximum Gasteiger partial charge on any atom is 0.305 e. The number of benzene rings is 1. The van der Waals surface area contributed by atoms with Crippen LogP contribution in [0.5, 0.6) is 0 Å². The number of hydrogen-bond acceptors (Lipinski definition) is 4. The van der Waals surface area contributed by atoms with Crippen LogP contribution in [-0.4, -0.2) is 34.3 Å². The molecule has 4 N–H and O–H groups in total. The molecule has 0 aromatic heterocycles. The van der Waals surface area contributed by atoms with Crippen molar-refractivity contribution < 1.29 is 19.5 Å². The van der Waals surface area contributed by atoms with Gasteiger partial charge in [0.15, 0.2) is 5.78 Å². The van der Waals surface area contributed by atoms with E-state index in [1.165, 1.54) is 0 Å². The topological polar surface area (TPSA) is 109 Å². The SMILES string of the molecule is N[C@@H](CC(=O)O)C(=O)C1(NC(=O)c2ccccc2)CCCCC1. The number of Topliss-reactive ketones (excluding diaryl/α,β-unsaturated/α-hetero) is 1. The lowest BCUT2D eigenvalue weighted by atomic mass is 9.75. The highest BCUT2D eigenvalue weighted by Gasteiger charge is 2.43. The van der Waals surface area contributed by atoms with Gasteiger partial charge in [-0.15, -0.1) is 0 Å². The van der Waals surface area contributed by atoms with Crippen LogP contribution in [0.4, 0.5) is 0 Å². The molecule has 0 saturated heterocycles. The van der Waals surface area contributed by atoms with Crippen LogP contribution >= 0.6 is 0 Å². The smallest absolute Gasteiger partial charge is 0.305 e. The van der Waals surface area contributed by atoms with Gasteiger partial charge in [0.25, 0.3) is 5.91 Å². The molecule has 1 aliphatic rings. The van der Waals surface area contributed by atoms with Crippen LogP contribution in [0, 0.1) is 0 Å². The summed E-state index contributed by atoms with van der Waals surface area (Å²) >= 11 is 0. The Labute approximate surface area is 135 Å². The summed E-state index contributed by atoms with van der Waals surface area (Å²) < 4.78 is 0. The predicted molar refractivity (Wildman–Crippen MR) is 85.0 cm³/mol. The minimum atomic E-state index is -1.12. The van der Waals surface area contributed by atoms with Crippen molar-refractivity contribution in [2.45, 2.75) is 50.1 Å². The Hall–Kier alpha value is -2.21. The van der Waals surface area contributed by atoms with E-state index in [0.717, 1.165) is 19.3 Å². The quantitative estimate of drug-likeness (QED) is 0.736. The molecule has 6 heteroatoms. The van der Waals surface area contributed by atoms with E-state index in [2.05, 4.69) is 5.32 Å². The Morgan fingerprint density at radius 2 is 1.74 bits per heavy atom. The average Bonchev–Trinajstić information content (AvgIpc) is 2.55. The first kappa shape index (κ1) is 17.1. The number of rotatable bonds is 6. The van der Waals surface area contributed by atoms with Gasteiger partial charge < -0.3 is 16.2 Å². The normalized spacial score (nSPS) is 18.0. The van der Waals surface area contributed by atoms with Crippen LogP contribution < -0.4 is 11.1 Å². The van der Waals surface area contributed by atoms with Crippen molar-refractivity contribution in [3.63, 3.8) is 0 Å². The minimum Gasteiger partial charge on any atom is -0.481 e. The second-order valence-corrected chi connectivity index (χ2v) is 6.03. The Bertz CT molecular complexity index is 580. The molecule has 2 rings (SSSR count). The van der Waals surface area contributed by atoms with E-state index >= 15 is 0 Å². The number of hydrogen-bond donors (Lipinski definition) is 3. The molecule has 1 atom stereocenters. The fourth-order valence-corrected chi connectivity index (χ4v) is 3.10. The third-order valence-electron chi connectivity index (χ3n) is 4.30. The van der Waals surface area contributed by atoms with Gasteiger partial charge in [-0.2, -0.15) is 0 Å². The maximum absolute atomic E-state index is 12.7. The van der Waals surface area contributed by atoms with Gasteiger partial charge in [0.05, 0.1) is 12.5 Å². The number of amides is 1. The van der Waals surface area contributed by atoms with E-state index < -0.39 is 24.0 Å². The molecular weight excluding hydrogens is 296 g/mol. The van der Waals surface area contributed by atoms with E-state index in [4.69, 9.17) is 10.8 Å². The molecule has 1 saturated carbocycles. The maximum atomic E-state index is 12.7. The molecule has 0 unspecified atom stereocenters. The van der Waals surface area contributed by atoms with Crippen LogP contribution in [0.3, 0.4) is 0 Å². The summed E-state index contributed by atoms with van der Waals surface area (Å²) in [5.41, 5.74) is 5.18. The molecular formula is C17H22N2O4. The van der Waals surface area contributed by atoms with Crippen molar-refractivity contribution in [3.8, 4) is 0 Å². The van der Waals surface area contributed by atoms with E-state index in [1.54, 1.807) is 30.3 Å². The number of carboxylic acids is 1. The van der Waals surface area contributed by atoms with Crippen LogP contribution in [0.1, 0.15) is 48.9 Å². The highest BCUT2D eigenvalue weighted by molar-refractivity contribution is 6.02. The molecule has 6 nitrogen and oxygen atoms in total. The number of carboxylic acid groups (broad SMARTS) is 1. The van der Waals surface area contributed by atoms with Crippen molar-refractivity contribution in [2.24, 2.45) is 5.73 Å². The summed E-state index contributed by atoms with van der Waals surface area (Å²) in [7, 11) is 0. The zero-order valence-corrected chi connectivity index (χ0v) is 13.0. The van der Waals surface area contributed by atoms with Crippen molar-refractivity contribution in [2.75, 3.05) is 0 Å². The highest BCUT2D eigenvalue weighted by Crippen LogP contribution is 2.30. The van der Waals surface area contributed by atoms with Gasteiger partial charge >= 0.3 is 5.97 Å². The van der Waals surface area contributed by atoms with Gasteiger partial charge in [0, 0.05) is 5.56 Å². The Balaban J connectivity index is 2.20. The fraction of sp³-hybridized carbons (Fsp3) is 0.471. The van der Waals surface area contributed by atoms with Crippen molar-refractivity contribution in [3.05, 3.63) is 35.9 Å². The van der Waals surface area contributed by atoms with E-state index in [1.807, 2.05) is 0 Å². The molecule has 0 radical (unpaired) electrons. The van der Waals surface area contributed by atoms with Gasteiger partial charge in [0.2, 0.25) is 0 Å². The van der Waals surface area contributed by atoms with Crippen LogP contribution in [0.2, 0.25) is 0 Å². The van der Waals surface area contributed by atoms with Crippen molar-refractivity contribution >= 4 is 17.7 Å². The first-order chi connectivity index (χ1) is 10.9. The standard InChI is InChI=1S/C17H22N2O4/c18-13(11-14(20)21)15(22)17(9-5-2-6-10-17)19-16(23)12-7-3-1-4-8-12/h1,3-4,7-8,13H,2,5-6,9-11,18H2,(H,19,23)(H,20,21)/t13-/m0/s1. The summed E-state index contributed by atoms with van der Waals surface area (Å²) in [5.74, 6) is -1.83. The summed E-state index contributed by atoms with van der Waals surface area (Å²) in [6, 6.07) is 7.55. The Morgan fingerprint density at radius 3 is 2.30 bits per heavy atom. The molecule has 0 aliphatic heterocycles. The third kappa shape index (κ3) is 4.16. The van der Waals surface area contributed by atoms with Gasteiger partial charge in [0.1, 0.15) is 5.54 Å². The largest absolute Gasteiger partial charge is 0.481 e. The monoisotopic (exact) mass is 318 g/mol. The zero-order valence-electron chi connectivity index (χ0n) is 13.0. The number of carbonyl (C=O) groups is 3. The summed E-state index contributed by atoms with van der Waals surface area (Å²) in [6.07, 6.45) is 3.17. The molecule has 124 valence electrons. The lowest BCUT2D eigenvalue weighted by molar-refractivity contribution is -0.140. The molecule has 1 aliphatic carbocycles. The molecule has 0 bridgehead atoms. The number of ketones is 1. The summed E-state index contributed by atoms with van der Waals surface area (Å²) in [6.45, 7) is 0. The molecule has 1 amide bonds. The molecule has 23 heavy (non-hydrogen) atoms. The van der Waals surface area contributed by atoms with Gasteiger partial charge in [-0.25, -0.2) is 0 Å². The fourth-order valence-electron chi connectivity index (χ4n) is 3.10. The van der Waals surface area contributed by atoms with E-state index in [9.17, 15) is 14.4 Å². The Morgan fingerprint density at radius 1 is 1.13 bits per heavy atom. The Kier molecular flexibility index (Phi) is 5.50. The summed E-state index contributed by atoms with van der Waals surface area (Å²) in [4.78, 5) is 36.0. The lowest BCUT2D eigenvalue weighted by Crippen LogP contribution is -2.60. The van der Waals surface area contributed by atoms with Crippen molar-refractivity contribution in [1.29, 1.82) is 0 Å².